The van der Waals surface area contributed by atoms with Crippen LogP contribution in [0, 0.1) is 5.92 Å². The molecule has 7 heteroatoms. The van der Waals surface area contributed by atoms with Crippen LogP contribution >= 0.6 is 0 Å². The normalized spacial score (nSPS) is 29.2. The van der Waals surface area contributed by atoms with E-state index >= 15 is 0 Å². The van der Waals surface area contributed by atoms with E-state index in [2.05, 4.69) is 22.6 Å². The number of hydrogen-bond acceptors (Lipinski definition) is 5. The van der Waals surface area contributed by atoms with Gasteiger partial charge in [-0.1, -0.05) is 25.0 Å². The van der Waals surface area contributed by atoms with Gasteiger partial charge >= 0.3 is 0 Å². The highest BCUT2D eigenvalue weighted by Crippen LogP contribution is 2.44. The maximum absolute atomic E-state index is 12.4. The van der Waals surface area contributed by atoms with Gasteiger partial charge in [0.05, 0.1) is 12.2 Å². The lowest BCUT2D eigenvalue weighted by Gasteiger charge is -2.35. The Morgan fingerprint density at radius 2 is 2.04 bits per heavy atom. The van der Waals surface area contributed by atoms with Crippen LogP contribution in [0.15, 0.2) is 6.20 Å². The van der Waals surface area contributed by atoms with Crippen LogP contribution in [0.1, 0.15) is 76.9 Å². The maximum atomic E-state index is 12.4. The van der Waals surface area contributed by atoms with Gasteiger partial charge in [-0.2, -0.15) is 0 Å². The summed E-state index contributed by atoms with van der Waals surface area (Å²) < 4.78 is 1.66. The van der Waals surface area contributed by atoms with Crippen LogP contribution in [0.5, 0.6) is 0 Å². The maximum Gasteiger partial charge on any atom is 0.252 e. The van der Waals surface area contributed by atoms with E-state index in [1.165, 1.54) is 6.42 Å². The molecule has 0 spiro atoms. The summed E-state index contributed by atoms with van der Waals surface area (Å²) in [5.41, 5.74) is -1.44. The molecule has 1 atom stereocenters. The van der Waals surface area contributed by atoms with Gasteiger partial charge in [0.15, 0.2) is 0 Å². The lowest BCUT2D eigenvalue weighted by molar-refractivity contribution is -0.144. The molecule has 0 radical (unpaired) electrons. The third-order valence-corrected chi connectivity index (χ3v) is 5.77. The molecule has 3 rings (SSSR count). The van der Waals surface area contributed by atoms with Crippen molar-refractivity contribution in [2.24, 2.45) is 5.92 Å². The molecule has 1 heterocycles. The first kappa shape index (κ1) is 18.3. The quantitative estimate of drug-likeness (QED) is 0.694. The Hall–Kier alpha value is -1.47. The molecule has 0 unspecified atom stereocenters. The van der Waals surface area contributed by atoms with E-state index in [0.29, 0.717) is 31.0 Å². The van der Waals surface area contributed by atoms with Crippen LogP contribution in [0.2, 0.25) is 0 Å². The largest absolute Gasteiger partial charge is 0.383 e. The highest BCUT2D eigenvalue weighted by molar-refractivity contribution is 5.84. The van der Waals surface area contributed by atoms with E-state index in [1.54, 1.807) is 10.9 Å². The van der Waals surface area contributed by atoms with Crippen molar-refractivity contribution in [2.75, 3.05) is 6.54 Å². The number of carbonyl (C=O) groups excluding carboxylic acids is 1. The molecule has 0 saturated heterocycles. The van der Waals surface area contributed by atoms with Gasteiger partial charge in [0.1, 0.15) is 16.9 Å². The molecule has 0 bridgehead atoms. The van der Waals surface area contributed by atoms with Crippen molar-refractivity contribution in [3.63, 3.8) is 0 Å². The van der Waals surface area contributed by atoms with E-state index in [0.717, 1.165) is 32.1 Å². The number of amides is 1. The highest BCUT2D eigenvalue weighted by atomic mass is 16.3. The second-order valence-electron chi connectivity index (χ2n) is 7.94. The summed E-state index contributed by atoms with van der Waals surface area (Å²) >= 11 is 0. The first-order valence-corrected chi connectivity index (χ1v) is 9.52. The predicted octanol–water partition coefficient (Wildman–Crippen LogP) is 1.66. The van der Waals surface area contributed by atoms with Crippen molar-refractivity contribution >= 4 is 5.91 Å². The molecule has 0 aliphatic heterocycles. The number of rotatable bonds is 7. The average Bonchev–Trinajstić information content (AvgIpc) is 3.15. The van der Waals surface area contributed by atoms with Crippen LogP contribution < -0.4 is 5.32 Å². The first-order chi connectivity index (χ1) is 11.9. The van der Waals surface area contributed by atoms with E-state index in [9.17, 15) is 15.0 Å². The van der Waals surface area contributed by atoms with Gasteiger partial charge < -0.3 is 15.5 Å². The molecule has 2 saturated carbocycles. The number of nitrogens with zero attached hydrogens (tertiary/aromatic N) is 3. The molecule has 2 fully saturated rings. The number of aliphatic hydroxyl groups is 2. The zero-order chi connectivity index (χ0) is 18.1. The van der Waals surface area contributed by atoms with E-state index in [1.807, 2.05) is 6.92 Å². The number of aromatic nitrogens is 3. The van der Waals surface area contributed by atoms with E-state index < -0.39 is 11.2 Å². The van der Waals surface area contributed by atoms with Gasteiger partial charge in [0, 0.05) is 6.54 Å². The van der Waals surface area contributed by atoms with Crippen molar-refractivity contribution in [1.29, 1.82) is 0 Å². The van der Waals surface area contributed by atoms with Crippen molar-refractivity contribution < 1.29 is 15.0 Å². The van der Waals surface area contributed by atoms with Gasteiger partial charge in [-0.25, -0.2) is 4.68 Å². The lowest BCUT2D eigenvalue weighted by Crippen LogP contribution is -2.50. The van der Waals surface area contributed by atoms with Crippen LogP contribution in [0.25, 0.3) is 0 Å². The lowest BCUT2D eigenvalue weighted by atomic mass is 9.77. The number of carbonyl (C=O) groups is 1. The summed E-state index contributed by atoms with van der Waals surface area (Å²) in [7, 11) is 0. The predicted molar refractivity (Wildman–Crippen MR) is 92.7 cm³/mol. The standard InChI is InChI=1S/C18H30N4O3/c1-3-4-14-5-7-18(25,8-6-14)16(23)19-11-13(2)22-12-15(20-21-22)17(24)9-10-17/h12-14,24-25H,3-11H2,1-2H3,(H,19,23)/t13-,14?,18?/m0/s1. The van der Waals surface area contributed by atoms with Gasteiger partial charge in [-0.15, -0.1) is 5.10 Å². The Bertz CT molecular complexity index is 603. The Morgan fingerprint density at radius 1 is 1.36 bits per heavy atom. The molecule has 140 valence electrons. The van der Waals surface area contributed by atoms with Crippen molar-refractivity contribution in [2.45, 2.75) is 82.5 Å². The Balaban J connectivity index is 1.49. The minimum Gasteiger partial charge on any atom is -0.383 e. The molecule has 3 N–H and O–H groups in total. The fourth-order valence-electron chi connectivity index (χ4n) is 3.66. The number of nitrogens with one attached hydrogen (secondary N) is 1. The fourth-order valence-corrected chi connectivity index (χ4v) is 3.66. The van der Waals surface area contributed by atoms with Crippen LogP contribution in [-0.2, 0) is 10.4 Å². The molecular weight excluding hydrogens is 320 g/mol. The molecule has 25 heavy (non-hydrogen) atoms. The topological polar surface area (TPSA) is 100 Å². The summed E-state index contributed by atoms with van der Waals surface area (Å²) in [6, 6.07) is -0.0902. The Labute approximate surface area is 148 Å². The van der Waals surface area contributed by atoms with E-state index in [-0.39, 0.29) is 11.9 Å². The molecule has 1 aromatic heterocycles. The molecule has 2 aliphatic rings. The molecular formula is C18H30N4O3. The second kappa shape index (κ2) is 7.03. The van der Waals surface area contributed by atoms with Gasteiger partial charge in [-0.05, 0) is 51.4 Å². The first-order valence-electron chi connectivity index (χ1n) is 9.52. The highest BCUT2D eigenvalue weighted by Gasteiger charge is 2.45. The summed E-state index contributed by atoms with van der Waals surface area (Å²) in [6.07, 6.45) is 8.44. The van der Waals surface area contributed by atoms with E-state index in [4.69, 9.17) is 0 Å². The monoisotopic (exact) mass is 350 g/mol. The van der Waals surface area contributed by atoms with Gasteiger partial charge in [-0.3, -0.25) is 4.79 Å². The van der Waals surface area contributed by atoms with Crippen LogP contribution in [0.3, 0.4) is 0 Å². The van der Waals surface area contributed by atoms with Gasteiger partial charge in [0.2, 0.25) is 0 Å². The molecule has 1 amide bonds. The fraction of sp³-hybridized carbons (Fsp3) is 0.833. The summed E-state index contributed by atoms with van der Waals surface area (Å²) in [6.45, 7) is 4.48. The minimum atomic E-state index is -1.24. The Morgan fingerprint density at radius 3 is 2.64 bits per heavy atom. The van der Waals surface area contributed by atoms with Crippen molar-refractivity contribution in [3.05, 3.63) is 11.9 Å². The summed E-state index contributed by atoms with van der Waals surface area (Å²) in [5.74, 6) is 0.356. The number of hydrogen-bond donors (Lipinski definition) is 3. The summed E-state index contributed by atoms with van der Waals surface area (Å²) in [5, 5.41) is 31.7. The summed E-state index contributed by atoms with van der Waals surface area (Å²) in [4.78, 5) is 12.4. The SMILES string of the molecule is CCCC1CCC(O)(C(=O)NC[C@H](C)n2cc(C3(O)CC3)nn2)CC1. The molecule has 7 nitrogen and oxygen atoms in total. The smallest absolute Gasteiger partial charge is 0.252 e. The third kappa shape index (κ3) is 4.03. The Kier molecular flexibility index (Phi) is 5.16. The van der Waals surface area contributed by atoms with Gasteiger partial charge in [0.25, 0.3) is 5.91 Å². The minimum absolute atomic E-state index is 0.0902. The van der Waals surface area contributed by atoms with Crippen LogP contribution in [-0.4, -0.2) is 43.3 Å². The second-order valence-corrected chi connectivity index (χ2v) is 7.94. The van der Waals surface area contributed by atoms with Crippen molar-refractivity contribution in [1.82, 2.24) is 20.3 Å². The average molecular weight is 350 g/mol. The van der Waals surface area contributed by atoms with Crippen molar-refractivity contribution in [3.8, 4) is 0 Å². The molecule has 2 aliphatic carbocycles. The molecule has 1 aromatic rings. The molecule has 0 aromatic carbocycles. The van der Waals surface area contributed by atoms with Crippen LogP contribution in [0.4, 0.5) is 0 Å². The third-order valence-electron chi connectivity index (χ3n) is 5.77. The zero-order valence-corrected chi connectivity index (χ0v) is 15.2. The zero-order valence-electron chi connectivity index (χ0n) is 15.2.